The fourth-order valence-corrected chi connectivity index (χ4v) is 4.04. The molecule has 0 bridgehead atoms. The zero-order valence-corrected chi connectivity index (χ0v) is 13.0. The molecule has 22 heavy (non-hydrogen) atoms. The lowest BCUT2D eigenvalue weighted by Gasteiger charge is -2.20. The van der Waals surface area contributed by atoms with Crippen molar-refractivity contribution in [3.8, 4) is 12.3 Å². The number of carboxylic acids is 1. The molecule has 0 amide bonds. The van der Waals surface area contributed by atoms with E-state index in [9.17, 15) is 18.3 Å². The van der Waals surface area contributed by atoms with Crippen LogP contribution in [0.3, 0.4) is 0 Å². The number of ether oxygens (including phenoxy) is 1. The van der Waals surface area contributed by atoms with Crippen LogP contribution in [0.1, 0.15) is 6.42 Å². The number of rotatable bonds is 5. The standard InChI is InChI=1S/C14H14ClNO5S/c1-2-7-21-11-8-13(14(17)18)16(9-11)22(19,20)12-5-3-10(15)4-6-12/h1,3-6,11,13H,7-9H2,(H,17,18). The van der Waals surface area contributed by atoms with Crippen molar-refractivity contribution < 1.29 is 23.1 Å². The summed E-state index contributed by atoms with van der Waals surface area (Å²) in [4.78, 5) is 11.3. The van der Waals surface area contributed by atoms with E-state index in [1.165, 1.54) is 24.3 Å². The molecule has 6 nitrogen and oxygen atoms in total. The quantitative estimate of drug-likeness (QED) is 0.812. The van der Waals surface area contributed by atoms with Crippen molar-refractivity contribution in [2.45, 2.75) is 23.5 Å². The highest BCUT2D eigenvalue weighted by atomic mass is 35.5. The Hall–Kier alpha value is -1.59. The van der Waals surface area contributed by atoms with E-state index in [4.69, 9.17) is 22.8 Å². The molecular weight excluding hydrogens is 330 g/mol. The third kappa shape index (κ3) is 3.42. The van der Waals surface area contributed by atoms with Crippen LogP contribution in [0.25, 0.3) is 0 Å². The van der Waals surface area contributed by atoms with Crippen LogP contribution in [0, 0.1) is 12.3 Å². The average Bonchev–Trinajstić information content (AvgIpc) is 2.91. The molecule has 0 aromatic heterocycles. The third-order valence-electron chi connectivity index (χ3n) is 3.33. The number of aliphatic carboxylic acids is 1. The van der Waals surface area contributed by atoms with Crippen molar-refractivity contribution in [1.29, 1.82) is 0 Å². The van der Waals surface area contributed by atoms with Gasteiger partial charge < -0.3 is 9.84 Å². The van der Waals surface area contributed by atoms with Gasteiger partial charge in [-0.3, -0.25) is 4.79 Å². The van der Waals surface area contributed by atoms with Gasteiger partial charge >= 0.3 is 5.97 Å². The summed E-state index contributed by atoms with van der Waals surface area (Å²) < 4.78 is 31.4. The number of benzene rings is 1. The first-order valence-electron chi connectivity index (χ1n) is 6.41. The van der Waals surface area contributed by atoms with Crippen molar-refractivity contribution in [3.63, 3.8) is 0 Å². The van der Waals surface area contributed by atoms with Crippen LogP contribution < -0.4 is 0 Å². The molecule has 1 fully saturated rings. The second-order valence-electron chi connectivity index (χ2n) is 4.76. The number of hydrogen-bond donors (Lipinski definition) is 1. The van der Waals surface area contributed by atoms with Gasteiger partial charge in [-0.2, -0.15) is 4.31 Å². The monoisotopic (exact) mass is 343 g/mol. The van der Waals surface area contributed by atoms with Crippen molar-refractivity contribution in [2.75, 3.05) is 13.2 Å². The maximum Gasteiger partial charge on any atom is 0.322 e. The molecular formula is C14H14ClNO5S. The number of sulfonamides is 1. The van der Waals surface area contributed by atoms with Crippen molar-refractivity contribution in [3.05, 3.63) is 29.3 Å². The van der Waals surface area contributed by atoms with E-state index in [0.717, 1.165) is 4.31 Å². The Bertz CT molecular complexity index is 695. The van der Waals surface area contributed by atoms with Crippen molar-refractivity contribution >= 4 is 27.6 Å². The summed E-state index contributed by atoms with van der Waals surface area (Å²) in [5, 5.41) is 9.65. The van der Waals surface area contributed by atoms with Crippen molar-refractivity contribution in [2.24, 2.45) is 0 Å². The van der Waals surface area contributed by atoms with Crippen LogP contribution in [0.15, 0.2) is 29.2 Å². The number of hydrogen-bond acceptors (Lipinski definition) is 4. The Balaban J connectivity index is 2.29. The van der Waals surface area contributed by atoms with Gasteiger partial charge in [0.2, 0.25) is 10.0 Å². The summed E-state index contributed by atoms with van der Waals surface area (Å²) >= 11 is 5.74. The minimum atomic E-state index is -3.95. The van der Waals surface area contributed by atoms with E-state index in [-0.39, 0.29) is 24.5 Å². The molecule has 2 atom stereocenters. The van der Waals surface area contributed by atoms with E-state index in [2.05, 4.69) is 5.92 Å². The Labute approximate surface area is 133 Å². The molecule has 118 valence electrons. The predicted octanol–water partition coefficient (Wildman–Crippen LogP) is 1.21. The van der Waals surface area contributed by atoms with Gasteiger partial charge in [0.15, 0.2) is 0 Å². The molecule has 1 aromatic carbocycles. The number of halogens is 1. The first-order valence-corrected chi connectivity index (χ1v) is 8.23. The maximum absolute atomic E-state index is 12.6. The number of nitrogens with zero attached hydrogens (tertiary/aromatic N) is 1. The zero-order chi connectivity index (χ0) is 16.3. The van der Waals surface area contributed by atoms with E-state index in [0.29, 0.717) is 5.02 Å². The average molecular weight is 344 g/mol. The lowest BCUT2D eigenvalue weighted by Crippen LogP contribution is -2.40. The molecule has 0 saturated carbocycles. The zero-order valence-electron chi connectivity index (χ0n) is 11.5. The van der Waals surface area contributed by atoms with Crippen LogP contribution >= 0.6 is 11.6 Å². The third-order valence-corrected chi connectivity index (χ3v) is 5.47. The highest BCUT2D eigenvalue weighted by molar-refractivity contribution is 7.89. The summed E-state index contributed by atoms with van der Waals surface area (Å²) in [6.45, 7) is -0.0462. The molecule has 1 saturated heterocycles. The van der Waals surface area contributed by atoms with Gasteiger partial charge in [-0.15, -0.1) is 6.42 Å². The highest BCUT2D eigenvalue weighted by Gasteiger charge is 2.44. The fraction of sp³-hybridized carbons (Fsp3) is 0.357. The van der Waals surface area contributed by atoms with Gasteiger partial charge in [0.25, 0.3) is 0 Å². The summed E-state index contributed by atoms with van der Waals surface area (Å²) in [6.07, 6.45) is 4.61. The Kier molecular flexibility index (Phi) is 5.08. The lowest BCUT2D eigenvalue weighted by molar-refractivity contribution is -0.140. The summed E-state index contributed by atoms with van der Waals surface area (Å²) in [7, 11) is -3.95. The summed E-state index contributed by atoms with van der Waals surface area (Å²) in [5.74, 6) is 1.06. The first kappa shape index (κ1) is 16.8. The Morgan fingerprint density at radius 2 is 2.09 bits per heavy atom. The number of carboxylic acid groups (broad SMARTS) is 1. The number of carbonyl (C=O) groups is 1. The van der Waals surface area contributed by atoms with Crippen molar-refractivity contribution in [1.82, 2.24) is 4.31 Å². The second kappa shape index (κ2) is 6.67. The van der Waals surface area contributed by atoms with Crippen LogP contribution in [-0.2, 0) is 19.6 Å². The maximum atomic E-state index is 12.6. The lowest BCUT2D eigenvalue weighted by atomic mass is 10.2. The molecule has 8 heteroatoms. The minimum Gasteiger partial charge on any atom is -0.480 e. The number of terminal acetylenes is 1. The SMILES string of the molecule is C#CCOC1CC(C(=O)O)N(S(=O)(=O)c2ccc(Cl)cc2)C1. The molecule has 1 aliphatic rings. The molecule has 2 rings (SSSR count). The van der Waals surface area contributed by atoms with E-state index in [1.807, 2.05) is 0 Å². The smallest absolute Gasteiger partial charge is 0.322 e. The summed E-state index contributed by atoms with van der Waals surface area (Å²) in [5.41, 5.74) is 0. The highest BCUT2D eigenvalue weighted by Crippen LogP contribution is 2.28. The summed E-state index contributed by atoms with van der Waals surface area (Å²) in [6, 6.07) is 4.38. The first-order chi connectivity index (χ1) is 10.4. The van der Waals surface area contributed by atoms with Crippen LogP contribution in [0.4, 0.5) is 0 Å². The Morgan fingerprint density at radius 1 is 1.45 bits per heavy atom. The van der Waals surface area contributed by atoms with Crippen LogP contribution in [0.2, 0.25) is 5.02 Å². The van der Waals surface area contributed by atoms with Crippen LogP contribution in [0.5, 0.6) is 0 Å². The van der Waals surface area contributed by atoms with Gasteiger partial charge in [-0.1, -0.05) is 17.5 Å². The topological polar surface area (TPSA) is 83.9 Å². The molecule has 1 N–H and O–H groups in total. The Morgan fingerprint density at radius 3 is 2.64 bits per heavy atom. The molecule has 0 aliphatic carbocycles. The van der Waals surface area contributed by atoms with Gasteiger partial charge in [-0.25, -0.2) is 8.42 Å². The largest absolute Gasteiger partial charge is 0.480 e. The molecule has 1 aromatic rings. The van der Waals surface area contributed by atoms with Gasteiger partial charge in [0.1, 0.15) is 12.6 Å². The van der Waals surface area contributed by atoms with E-state index >= 15 is 0 Å². The van der Waals surface area contributed by atoms with Crippen LogP contribution in [-0.4, -0.2) is 49.1 Å². The van der Waals surface area contributed by atoms with Gasteiger partial charge in [0, 0.05) is 18.0 Å². The second-order valence-corrected chi connectivity index (χ2v) is 7.08. The predicted molar refractivity (Wildman–Crippen MR) is 80.0 cm³/mol. The molecule has 0 radical (unpaired) electrons. The fourth-order valence-electron chi connectivity index (χ4n) is 2.29. The van der Waals surface area contributed by atoms with E-state index in [1.54, 1.807) is 0 Å². The minimum absolute atomic E-state index is 0.00579. The van der Waals surface area contributed by atoms with Gasteiger partial charge in [0.05, 0.1) is 11.0 Å². The molecule has 2 unspecified atom stereocenters. The normalized spacial score (nSPS) is 22.4. The van der Waals surface area contributed by atoms with E-state index < -0.39 is 28.1 Å². The molecule has 1 heterocycles. The van der Waals surface area contributed by atoms with Gasteiger partial charge in [-0.05, 0) is 24.3 Å². The molecule has 1 aliphatic heterocycles. The molecule has 0 spiro atoms.